The second-order valence-corrected chi connectivity index (χ2v) is 7.90. The predicted molar refractivity (Wildman–Crippen MR) is 85.1 cm³/mol. The van der Waals surface area contributed by atoms with Crippen molar-refractivity contribution in [3.8, 4) is 0 Å². The van der Waals surface area contributed by atoms with Gasteiger partial charge in [-0.25, -0.2) is 0 Å². The molecule has 0 aromatic rings. The molecule has 0 bridgehead atoms. The Bertz CT molecular complexity index is 308. The number of hydrogen-bond donors (Lipinski definition) is 1. The Hall–Kier alpha value is -0.120. The number of ether oxygens (including phenoxy) is 1. The van der Waals surface area contributed by atoms with Crippen LogP contribution >= 0.6 is 0 Å². The molecule has 1 atom stereocenters. The minimum Gasteiger partial charge on any atom is -0.377 e. The molecule has 1 saturated carbocycles. The maximum Gasteiger partial charge on any atom is 0.0749 e. The standard InChI is InChI=1S/C17H34N2O/c1-14(2)15-11-18-17(9-7-6-8-10-17)13-19(15)12-16(3,4)20-5/h14-15,18H,6-13H2,1-5H3. The zero-order valence-electron chi connectivity index (χ0n) is 14.2. The molecule has 1 aliphatic carbocycles. The van der Waals surface area contributed by atoms with Crippen molar-refractivity contribution in [2.45, 2.75) is 77.0 Å². The summed E-state index contributed by atoms with van der Waals surface area (Å²) in [6.07, 6.45) is 6.89. The molecule has 1 aliphatic heterocycles. The van der Waals surface area contributed by atoms with Crippen molar-refractivity contribution in [2.75, 3.05) is 26.7 Å². The van der Waals surface area contributed by atoms with Gasteiger partial charge in [0.2, 0.25) is 0 Å². The average Bonchev–Trinajstić information content (AvgIpc) is 2.39. The number of hydrogen-bond acceptors (Lipinski definition) is 3. The third-order valence-electron chi connectivity index (χ3n) is 5.38. The highest BCUT2D eigenvalue weighted by Gasteiger charge is 2.42. The third kappa shape index (κ3) is 3.75. The molecule has 0 radical (unpaired) electrons. The van der Waals surface area contributed by atoms with Crippen LogP contribution in [0.2, 0.25) is 0 Å². The smallest absolute Gasteiger partial charge is 0.0749 e. The molecule has 1 saturated heterocycles. The van der Waals surface area contributed by atoms with Gasteiger partial charge in [-0.05, 0) is 32.6 Å². The molecule has 3 nitrogen and oxygen atoms in total. The van der Waals surface area contributed by atoms with E-state index in [1.807, 2.05) is 7.11 Å². The summed E-state index contributed by atoms with van der Waals surface area (Å²) in [5.74, 6) is 0.691. The number of methoxy groups -OCH3 is 1. The SMILES string of the molecule is COC(C)(C)CN1CC2(CCCCC2)NCC1C(C)C. The summed E-state index contributed by atoms with van der Waals surface area (Å²) in [5, 5.41) is 3.92. The van der Waals surface area contributed by atoms with Crippen LogP contribution in [0.15, 0.2) is 0 Å². The van der Waals surface area contributed by atoms with Crippen molar-refractivity contribution < 1.29 is 4.74 Å². The summed E-state index contributed by atoms with van der Waals surface area (Å²) in [6.45, 7) is 12.5. The summed E-state index contributed by atoms with van der Waals surface area (Å²) in [6, 6.07) is 0.636. The zero-order chi connectivity index (χ0) is 14.8. The highest BCUT2D eigenvalue weighted by molar-refractivity contribution is 5.01. The number of piperazine rings is 1. The zero-order valence-corrected chi connectivity index (χ0v) is 14.2. The third-order valence-corrected chi connectivity index (χ3v) is 5.38. The van der Waals surface area contributed by atoms with Gasteiger partial charge in [-0.2, -0.15) is 0 Å². The molecule has 1 N–H and O–H groups in total. The van der Waals surface area contributed by atoms with Crippen LogP contribution in [0.3, 0.4) is 0 Å². The Labute approximate surface area is 125 Å². The predicted octanol–water partition coefficient (Wildman–Crippen LogP) is 3.04. The number of rotatable bonds is 4. The molecule has 1 spiro atoms. The lowest BCUT2D eigenvalue weighted by Crippen LogP contribution is -2.67. The lowest BCUT2D eigenvalue weighted by atomic mass is 9.78. The van der Waals surface area contributed by atoms with E-state index in [4.69, 9.17) is 4.74 Å². The van der Waals surface area contributed by atoms with Crippen LogP contribution in [0.4, 0.5) is 0 Å². The van der Waals surface area contributed by atoms with Crippen molar-refractivity contribution in [2.24, 2.45) is 5.92 Å². The summed E-state index contributed by atoms with van der Waals surface area (Å²) in [7, 11) is 1.84. The Kier molecular flexibility index (Phi) is 5.14. The van der Waals surface area contributed by atoms with E-state index in [1.54, 1.807) is 0 Å². The highest BCUT2D eigenvalue weighted by Crippen LogP contribution is 2.33. The molecule has 118 valence electrons. The van der Waals surface area contributed by atoms with Crippen molar-refractivity contribution >= 4 is 0 Å². The fourth-order valence-corrected chi connectivity index (χ4v) is 3.96. The van der Waals surface area contributed by atoms with E-state index in [0.717, 1.165) is 13.1 Å². The lowest BCUT2D eigenvalue weighted by molar-refractivity contribution is -0.0484. The first-order valence-corrected chi connectivity index (χ1v) is 8.42. The quantitative estimate of drug-likeness (QED) is 0.858. The van der Waals surface area contributed by atoms with Crippen molar-refractivity contribution in [3.05, 3.63) is 0 Å². The molecule has 2 rings (SSSR count). The topological polar surface area (TPSA) is 24.5 Å². The maximum atomic E-state index is 5.68. The van der Waals surface area contributed by atoms with Gasteiger partial charge in [-0.15, -0.1) is 0 Å². The van der Waals surface area contributed by atoms with Gasteiger partial charge in [0.1, 0.15) is 0 Å². The van der Waals surface area contributed by atoms with E-state index < -0.39 is 0 Å². The van der Waals surface area contributed by atoms with E-state index in [0.29, 0.717) is 17.5 Å². The molecule has 3 heteroatoms. The van der Waals surface area contributed by atoms with E-state index in [1.165, 1.54) is 38.6 Å². The fraction of sp³-hybridized carbons (Fsp3) is 1.00. The molecule has 1 unspecified atom stereocenters. The molecule has 20 heavy (non-hydrogen) atoms. The van der Waals surface area contributed by atoms with Gasteiger partial charge in [0.15, 0.2) is 0 Å². The van der Waals surface area contributed by atoms with Gasteiger partial charge in [-0.1, -0.05) is 33.1 Å². The van der Waals surface area contributed by atoms with Crippen LogP contribution in [0.5, 0.6) is 0 Å². The first-order chi connectivity index (χ1) is 9.37. The molecular formula is C17H34N2O. The molecule has 0 aromatic heterocycles. The second kappa shape index (κ2) is 6.33. The summed E-state index contributed by atoms with van der Waals surface area (Å²) < 4.78 is 5.68. The van der Waals surface area contributed by atoms with Crippen LogP contribution in [0, 0.1) is 5.92 Å². The van der Waals surface area contributed by atoms with Crippen LogP contribution in [0.1, 0.15) is 59.8 Å². The van der Waals surface area contributed by atoms with Crippen LogP contribution in [0.25, 0.3) is 0 Å². The maximum absolute atomic E-state index is 5.68. The Morgan fingerprint density at radius 3 is 2.45 bits per heavy atom. The summed E-state index contributed by atoms with van der Waals surface area (Å²) in [5.41, 5.74) is 0.327. The van der Waals surface area contributed by atoms with E-state index in [2.05, 4.69) is 37.9 Å². The van der Waals surface area contributed by atoms with Crippen molar-refractivity contribution in [3.63, 3.8) is 0 Å². The number of nitrogens with zero attached hydrogens (tertiary/aromatic N) is 1. The normalized spacial score (nSPS) is 28.2. The van der Waals surface area contributed by atoms with E-state index >= 15 is 0 Å². The molecule has 1 heterocycles. The molecule has 2 aliphatic rings. The van der Waals surface area contributed by atoms with Gasteiger partial charge >= 0.3 is 0 Å². The number of nitrogens with one attached hydrogen (secondary N) is 1. The Morgan fingerprint density at radius 2 is 1.90 bits per heavy atom. The minimum atomic E-state index is -0.0552. The van der Waals surface area contributed by atoms with Crippen molar-refractivity contribution in [1.29, 1.82) is 0 Å². The summed E-state index contributed by atoms with van der Waals surface area (Å²) >= 11 is 0. The van der Waals surface area contributed by atoms with Gasteiger partial charge < -0.3 is 10.1 Å². The average molecular weight is 282 g/mol. The largest absolute Gasteiger partial charge is 0.377 e. The monoisotopic (exact) mass is 282 g/mol. The first-order valence-electron chi connectivity index (χ1n) is 8.42. The molecule has 0 aromatic carbocycles. The lowest BCUT2D eigenvalue weighted by Gasteiger charge is -2.52. The van der Waals surface area contributed by atoms with E-state index in [9.17, 15) is 0 Å². The van der Waals surface area contributed by atoms with Crippen LogP contribution in [-0.4, -0.2) is 48.8 Å². The minimum absolute atomic E-state index is 0.0552. The van der Waals surface area contributed by atoms with Gasteiger partial charge in [0, 0.05) is 38.3 Å². The fourth-order valence-electron chi connectivity index (χ4n) is 3.96. The van der Waals surface area contributed by atoms with Gasteiger partial charge in [0.05, 0.1) is 5.60 Å². The Balaban J connectivity index is 2.09. The van der Waals surface area contributed by atoms with Gasteiger partial charge in [0.25, 0.3) is 0 Å². The van der Waals surface area contributed by atoms with E-state index in [-0.39, 0.29) is 5.60 Å². The first kappa shape index (κ1) is 16.3. The Morgan fingerprint density at radius 1 is 1.25 bits per heavy atom. The summed E-state index contributed by atoms with van der Waals surface area (Å²) in [4.78, 5) is 2.70. The molecule has 2 fully saturated rings. The molecular weight excluding hydrogens is 248 g/mol. The van der Waals surface area contributed by atoms with Crippen LogP contribution in [-0.2, 0) is 4.74 Å². The van der Waals surface area contributed by atoms with Crippen molar-refractivity contribution in [1.82, 2.24) is 10.2 Å². The van der Waals surface area contributed by atoms with Crippen LogP contribution < -0.4 is 5.32 Å². The highest BCUT2D eigenvalue weighted by atomic mass is 16.5. The van der Waals surface area contributed by atoms with Gasteiger partial charge in [-0.3, -0.25) is 4.90 Å². The molecule has 0 amide bonds. The second-order valence-electron chi connectivity index (χ2n) is 7.90.